The molecule has 2 rings (SSSR count). The van der Waals surface area contributed by atoms with Crippen molar-refractivity contribution in [3.63, 3.8) is 0 Å². The second-order valence-electron chi connectivity index (χ2n) is 5.55. The Morgan fingerprint density at radius 2 is 1.84 bits per heavy atom. The van der Waals surface area contributed by atoms with E-state index < -0.39 is 12.0 Å². The monoisotopic (exact) mass is 348 g/mol. The Hall–Kier alpha value is -2.70. The van der Waals surface area contributed by atoms with Gasteiger partial charge in [0, 0.05) is 17.3 Å². The summed E-state index contributed by atoms with van der Waals surface area (Å²) in [6.07, 6.45) is 0.733. The molecule has 1 unspecified atom stereocenters. The zero-order valence-corrected chi connectivity index (χ0v) is 15.2. The first-order valence-electron chi connectivity index (χ1n) is 8.16. The molecule has 1 aromatic rings. The van der Waals surface area contributed by atoms with Gasteiger partial charge in [-0.25, -0.2) is 9.59 Å². The predicted molar refractivity (Wildman–Crippen MR) is 92.7 cm³/mol. The number of esters is 1. The highest BCUT2D eigenvalue weighted by Crippen LogP contribution is 2.37. The van der Waals surface area contributed by atoms with Crippen molar-refractivity contribution in [3.8, 4) is 11.5 Å². The van der Waals surface area contributed by atoms with Gasteiger partial charge in [0.1, 0.15) is 11.5 Å². The summed E-state index contributed by atoms with van der Waals surface area (Å²) in [5.74, 6) is 0.742. The summed E-state index contributed by atoms with van der Waals surface area (Å²) < 4.78 is 16.0. The van der Waals surface area contributed by atoms with Gasteiger partial charge in [0.15, 0.2) is 0 Å². The van der Waals surface area contributed by atoms with Gasteiger partial charge >= 0.3 is 12.0 Å². The van der Waals surface area contributed by atoms with Crippen molar-refractivity contribution in [2.24, 2.45) is 0 Å². The Morgan fingerprint density at radius 3 is 2.40 bits per heavy atom. The van der Waals surface area contributed by atoms with E-state index in [1.165, 1.54) is 7.11 Å². The first-order valence-corrected chi connectivity index (χ1v) is 8.16. The molecule has 0 aromatic heterocycles. The van der Waals surface area contributed by atoms with Crippen LogP contribution in [0.15, 0.2) is 23.4 Å². The van der Waals surface area contributed by atoms with Crippen molar-refractivity contribution in [1.82, 2.24) is 10.6 Å². The van der Waals surface area contributed by atoms with Crippen LogP contribution in [-0.4, -0.2) is 32.8 Å². The fraction of sp³-hybridized carbons (Fsp3) is 0.444. The third-order valence-electron chi connectivity index (χ3n) is 4.09. The number of ether oxygens (including phenoxy) is 3. The molecule has 7 nitrogen and oxygen atoms in total. The summed E-state index contributed by atoms with van der Waals surface area (Å²) >= 11 is 0. The Balaban J connectivity index is 2.62. The normalized spacial score (nSPS) is 16.8. The summed E-state index contributed by atoms with van der Waals surface area (Å²) in [6.45, 7) is 5.66. The van der Waals surface area contributed by atoms with E-state index in [2.05, 4.69) is 10.6 Å². The first-order chi connectivity index (χ1) is 12.0. The Labute approximate surface area is 147 Å². The van der Waals surface area contributed by atoms with Crippen LogP contribution in [0.5, 0.6) is 11.5 Å². The van der Waals surface area contributed by atoms with Crippen molar-refractivity contribution >= 4 is 12.0 Å². The Kier molecular flexibility index (Phi) is 5.90. The van der Waals surface area contributed by atoms with Gasteiger partial charge in [-0.3, -0.25) is 0 Å². The van der Waals surface area contributed by atoms with Gasteiger partial charge in [-0.05, 0) is 31.9 Å². The number of hydrogen-bond donors (Lipinski definition) is 2. The largest absolute Gasteiger partial charge is 0.496 e. The van der Waals surface area contributed by atoms with Crippen LogP contribution >= 0.6 is 0 Å². The average Bonchev–Trinajstić information content (AvgIpc) is 2.59. The molecule has 136 valence electrons. The van der Waals surface area contributed by atoms with Crippen molar-refractivity contribution < 1.29 is 23.8 Å². The van der Waals surface area contributed by atoms with Crippen LogP contribution in [0, 0.1) is 0 Å². The van der Waals surface area contributed by atoms with Crippen molar-refractivity contribution in [1.29, 1.82) is 0 Å². The molecule has 0 saturated heterocycles. The van der Waals surface area contributed by atoms with Crippen LogP contribution in [0.4, 0.5) is 4.79 Å². The molecule has 2 N–H and O–H groups in total. The lowest BCUT2D eigenvalue weighted by Gasteiger charge is -2.29. The number of carbonyl (C=O) groups is 2. The zero-order chi connectivity index (χ0) is 18.6. The highest BCUT2D eigenvalue weighted by molar-refractivity contribution is 5.95. The number of methoxy groups -OCH3 is 2. The number of aryl methyl sites for hydroxylation is 1. The van der Waals surface area contributed by atoms with Gasteiger partial charge in [-0.2, -0.15) is 0 Å². The summed E-state index contributed by atoms with van der Waals surface area (Å²) in [5, 5.41) is 5.41. The number of urea groups is 1. The molecule has 1 aliphatic rings. The molecule has 0 saturated carbocycles. The molecule has 0 fully saturated rings. The molecule has 0 bridgehead atoms. The number of carbonyl (C=O) groups excluding carboxylic acids is 2. The van der Waals surface area contributed by atoms with Crippen molar-refractivity contribution in [2.45, 2.75) is 33.2 Å². The van der Waals surface area contributed by atoms with E-state index in [-0.39, 0.29) is 12.6 Å². The maximum absolute atomic E-state index is 12.4. The molecule has 0 radical (unpaired) electrons. The fourth-order valence-corrected chi connectivity index (χ4v) is 2.90. The SMILES string of the molecule is CCOC(=O)C1=C(C)NC(=O)NC1c1cc(CC)c(OC)cc1OC. The summed E-state index contributed by atoms with van der Waals surface area (Å²) in [6, 6.07) is 2.60. The summed E-state index contributed by atoms with van der Waals surface area (Å²) in [4.78, 5) is 24.4. The third kappa shape index (κ3) is 3.70. The number of hydrogen-bond acceptors (Lipinski definition) is 5. The smallest absolute Gasteiger partial charge is 0.338 e. The minimum Gasteiger partial charge on any atom is -0.496 e. The molecule has 2 amide bonds. The van der Waals surface area contributed by atoms with Crippen LogP contribution in [-0.2, 0) is 16.0 Å². The quantitative estimate of drug-likeness (QED) is 0.771. The van der Waals surface area contributed by atoms with Crippen molar-refractivity contribution in [2.75, 3.05) is 20.8 Å². The van der Waals surface area contributed by atoms with Gasteiger partial charge < -0.3 is 24.8 Å². The maximum atomic E-state index is 12.4. The number of allylic oxidation sites excluding steroid dienone is 1. The second-order valence-corrected chi connectivity index (χ2v) is 5.55. The lowest BCUT2D eigenvalue weighted by molar-refractivity contribution is -0.139. The number of rotatable bonds is 6. The van der Waals surface area contributed by atoms with E-state index in [0.29, 0.717) is 28.3 Å². The van der Waals surface area contributed by atoms with Crippen molar-refractivity contribution in [3.05, 3.63) is 34.5 Å². The topological polar surface area (TPSA) is 85.9 Å². The minimum atomic E-state index is -0.668. The fourth-order valence-electron chi connectivity index (χ4n) is 2.90. The highest BCUT2D eigenvalue weighted by Gasteiger charge is 2.34. The Bertz CT molecular complexity index is 712. The Morgan fingerprint density at radius 1 is 1.16 bits per heavy atom. The molecule has 1 aromatic carbocycles. The van der Waals surface area contributed by atoms with Gasteiger partial charge in [-0.15, -0.1) is 0 Å². The molecule has 1 heterocycles. The molecule has 0 spiro atoms. The molecule has 0 aliphatic carbocycles. The molecular weight excluding hydrogens is 324 g/mol. The van der Waals surface area contributed by atoms with Gasteiger partial charge in [0.25, 0.3) is 0 Å². The van der Waals surface area contributed by atoms with Crippen LogP contribution < -0.4 is 20.1 Å². The van der Waals surface area contributed by atoms with E-state index in [4.69, 9.17) is 14.2 Å². The predicted octanol–water partition coefficient (Wildman–Crippen LogP) is 2.46. The standard InChI is InChI=1S/C18H24N2O5/c1-6-11-8-12(14(24-5)9-13(11)23-4)16-15(17(21)25-7-2)10(3)19-18(22)20-16/h8-9,16H,6-7H2,1-5H3,(H2,19,20,22). The molecule has 1 aliphatic heterocycles. The van der Waals surface area contributed by atoms with Crippen LogP contribution in [0.1, 0.15) is 37.9 Å². The molecule has 1 atom stereocenters. The lowest BCUT2D eigenvalue weighted by atomic mass is 9.92. The molecule has 25 heavy (non-hydrogen) atoms. The number of benzene rings is 1. The second kappa shape index (κ2) is 7.92. The van der Waals surface area contributed by atoms with Crippen LogP contribution in [0.3, 0.4) is 0 Å². The van der Waals surface area contributed by atoms with E-state index in [9.17, 15) is 9.59 Å². The molecule has 7 heteroatoms. The van der Waals surface area contributed by atoms with E-state index in [1.54, 1.807) is 27.0 Å². The van der Waals surface area contributed by atoms with Crippen LogP contribution in [0.2, 0.25) is 0 Å². The van der Waals surface area contributed by atoms with Gasteiger partial charge in [0.2, 0.25) is 0 Å². The molecular formula is C18H24N2O5. The van der Waals surface area contributed by atoms with Crippen LogP contribution in [0.25, 0.3) is 0 Å². The summed E-state index contributed by atoms with van der Waals surface area (Å²) in [7, 11) is 3.13. The maximum Gasteiger partial charge on any atom is 0.338 e. The van der Waals surface area contributed by atoms with E-state index in [0.717, 1.165) is 12.0 Å². The number of nitrogens with one attached hydrogen (secondary N) is 2. The average molecular weight is 348 g/mol. The third-order valence-corrected chi connectivity index (χ3v) is 4.09. The highest BCUT2D eigenvalue weighted by atomic mass is 16.5. The number of amides is 2. The first kappa shape index (κ1) is 18.6. The lowest BCUT2D eigenvalue weighted by Crippen LogP contribution is -2.45. The summed E-state index contributed by atoms with van der Waals surface area (Å²) in [5.41, 5.74) is 2.44. The van der Waals surface area contributed by atoms with E-state index >= 15 is 0 Å². The zero-order valence-electron chi connectivity index (χ0n) is 15.2. The minimum absolute atomic E-state index is 0.246. The van der Waals surface area contributed by atoms with Gasteiger partial charge in [0.05, 0.1) is 32.4 Å². The van der Waals surface area contributed by atoms with Gasteiger partial charge in [-0.1, -0.05) is 6.92 Å². The van der Waals surface area contributed by atoms with E-state index in [1.807, 2.05) is 13.0 Å².